The summed E-state index contributed by atoms with van der Waals surface area (Å²) in [6, 6.07) is -1.29. The Kier molecular flexibility index (Phi) is 11.0. The fourth-order valence-corrected chi connectivity index (χ4v) is 2.94. The fraction of sp³-hybridized carbons (Fsp3) is 0.900. The predicted molar refractivity (Wildman–Crippen MR) is 105 cm³/mol. The Bertz CT molecular complexity index is 426. The van der Waals surface area contributed by atoms with Crippen LogP contribution in [0.25, 0.3) is 0 Å². The van der Waals surface area contributed by atoms with Crippen LogP contribution in [0.1, 0.15) is 55.4 Å². The van der Waals surface area contributed by atoms with E-state index in [9.17, 15) is 9.59 Å². The first-order chi connectivity index (χ1) is 11.9. The van der Waals surface area contributed by atoms with Crippen LogP contribution in [0.4, 0.5) is 0 Å². The predicted octanol–water partition coefficient (Wildman–Crippen LogP) is 2.80. The topological polar surface area (TPSA) is 59.1 Å². The summed E-state index contributed by atoms with van der Waals surface area (Å²) in [5.74, 6) is -0.293. The number of ether oxygens (including phenoxy) is 2. The summed E-state index contributed by atoms with van der Waals surface area (Å²) in [5.41, 5.74) is 0. The summed E-state index contributed by atoms with van der Waals surface area (Å²) in [5, 5.41) is 0. The van der Waals surface area contributed by atoms with Crippen LogP contribution in [0.5, 0.6) is 0 Å². The van der Waals surface area contributed by atoms with Gasteiger partial charge in [-0.25, -0.2) is 0 Å². The van der Waals surface area contributed by atoms with Gasteiger partial charge in [0.2, 0.25) is 0 Å². The zero-order valence-electron chi connectivity index (χ0n) is 18.4. The third-order valence-electron chi connectivity index (χ3n) is 3.97. The van der Waals surface area contributed by atoms with Gasteiger partial charge in [0.05, 0.1) is 13.2 Å². The lowest BCUT2D eigenvalue weighted by Crippen LogP contribution is -2.61. The van der Waals surface area contributed by atoms with Crippen molar-refractivity contribution in [2.45, 2.75) is 79.6 Å². The Labute approximate surface area is 160 Å². The van der Waals surface area contributed by atoms with Crippen molar-refractivity contribution < 1.29 is 19.1 Å². The quantitative estimate of drug-likeness (QED) is 0.520. The van der Waals surface area contributed by atoms with Gasteiger partial charge in [-0.2, -0.15) is 0 Å². The number of likely N-dealkylation sites (N-methyl/N-ethyl adjacent to an activating group) is 1. The summed E-state index contributed by atoms with van der Waals surface area (Å²) in [6.07, 6.45) is 0. The van der Waals surface area contributed by atoms with Crippen molar-refractivity contribution in [3.05, 3.63) is 0 Å². The SMILES string of the molecule is CC(C)COC(=O)C(C(C(=O)OCC(C)C)N(C(C)C)C(C)C)N(C)C. The van der Waals surface area contributed by atoms with Gasteiger partial charge < -0.3 is 9.47 Å². The summed E-state index contributed by atoms with van der Waals surface area (Å²) in [6.45, 7) is 16.7. The van der Waals surface area contributed by atoms with E-state index in [4.69, 9.17) is 9.47 Å². The molecular weight excluding hydrogens is 332 g/mol. The van der Waals surface area contributed by atoms with E-state index in [0.717, 1.165) is 0 Å². The molecule has 0 aliphatic rings. The summed E-state index contributed by atoms with van der Waals surface area (Å²) >= 11 is 0. The zero-order chi connectivity index (χ0) is 20.6. The van der Waals surface area contributed by atoms with Gasteiger partial charge in [0.25, 0.3) is 0 Å². The van der Waals surface area contributed by atoms with Crippen LogP contribution in [-0.2, 0) is 19.1 Å². The van der Waals surface area contributed by atoms with Crippen LogP contribution in [0.2, 0.25) is 0 Å². The number of nitrogens with zero attached hydrogens (tertiary/aromatic N) is 2. The van der Waals surface area contributed by atoms with Crippen molar-refractivity contribution in [1.82, 2.24) is 9.80 Å². The maximum absolute atomic E-state index is 13.0. The average molecular weight is 373 g/mol. The molecule has 6 nitrogen and oxygen atoms in total. The molecule has 0 spiro atoms. The van der Waals surface area contributed by atoms with E-state index >= 15 is 0 Å². The van der Waals surface area contributed by atoms with E-state index in [2.05, 4.69) is 0 Å². The van der Waals surface area contributed by atoms with Crippen molar-refractivity contribution in [2.24, 2.45) is 11.8 Å². The Hall–Kier alpha value is -1.14. The maximum atomic E-state index is 13.0. The Balaban J connectivity index is 5.79. The van der Waals surface area contributed by atoms with E-state index in [1.807, 2.05) is 60.3 Å². The highest BCUT2D eigenvalue weighted by Gasteiger charge is 2.43. The third kappa shape index (κ3) is 8.04. The molecule has 0 aromatic carbocycles. The van der Waals surface area contributed by atoms with Gasteiger partial charge in [0.15, 0.2) is 0 Å². The molecule has 0 rings (SSSR count). The largest absolute Gasteiger partial charge is 0.464 e. The van der Waals surface area contributed by atoms with Gasteiger partial charge in [0, 0.05) is 12.1 Å². The van der Waals surface area contributed by atoms with Crippen molar-refractivity contribution in [3.8, 4) is 0 Å². The van der Waals surface area contributed by atoms with E-state index in [0.29, 0.717) is 13.2 Å². The second kappa shape index (κ2) is 11.5. The minimum atomic E-state index is -0.724. The summed E-state index contributed by atoms with van der Waals surface area (Å²) < 4.78 is 11.0. The number of rotatable bonds is 11. The molecule has 0 saturated heterocycles. The summed E-state index contributed by atoms with van der Waals surface area (Å²) in [7, 11) is 3.59. The highest BCUT2D eigenvalue weighted by molar-refractivity contribution is 5.87. The first-order valence-electron chi connectivity index (χ1n) is 9.67. The number of carbonyl (C=O) groups excluding carboxylic acids is 2. The van der Waals surface area contributed by atoms with E-state index < -0.39 is 12.1 Å². The van der Waals surface area contributed by atoms with Crippen LogP contribution in [-0.4, -0.2) is 73.2 Å². The van der Waals surface area contributed by atoms with Gasteiger partial charge in [-0.3, -0.25) is 19.4 Å². The number of esters is 2. The Morgan fingerprint density at radius 2 is 1.04 bits per heavy atom. The molecule has 0 saturated carbocycles. The molecule has 2 unspecified atom stereocenters. The van der Waals surface area contributed by atoms with Crippen LogP contribution >= 0.6 is 0 Å². The molecule has 6 heteroatoms. The number of carbonyl (C=O) groups is 2. The molecule has 0 amide bonds. The molecule has 0 heterocycles. The van der Waals surface area contributed by atoms with Crippen molar-refractivity contribution in [3.63, 3.8) is 0 Å². The highest BCUT2D eigenvalue weighted by atomic mass is 16.5. The monoisotopic (exact) mass is 372 g/mol. The normalized spacial score (nSPS) is 14.6. The second-order valence-electron chi connectivity index (χ2n) is 8.54. The standard InChI is InChI=1S/C20H40N2O4/c1-13(2)11-25-19(23)17(21(9)10)18(20(24)26-12-14(3)4)22(15(5)6)16(7)8/h13-18H,11-12H2,1-10H3. The number of hydrogen-bond donors (Lipinski definition) is 0. The average Bonchev–Trinajstić information content (AvgIpc) is 2.48. The smallest absolute Gasteiger partial charge is 0.325 e. The van der Waals surface area contributed by atoms with Crippen molar-refractivity contribution in [2.75, 3.05) is 27.3 Å². The maximum Gasteiger partial charge on any atom is 0.325 e. The van der Waals surface area contributed by atoms with Crippen LogP contribution in [0.15, 0.2) is 0 Å². The first kappa shape index (κ1) is 24.9. The van der Waals surface area contributed by atoms with Gasteiger partial charge in [-0.1, -0.05) is 27.7 Å². The van der Waals surface area contributed by atoms with Crippen LogP contribution < -0.4 is 0 Å². The van der Waals surface area contributed by atoms with Gasteiger partial charge in [-0.05, 0) is 53.6 Å². The number of hydrogen-bond acceptors (Lipinski definition) is 6. The molecule has 0 radical (unpaired) electrons. The van der Waals surface area contributed by atoms with Gasteiger partial charge in [-0.15, -0.1) is 0 Å². The molecule has 0 aliphatic heterocycles. The molecule has 2 atom stereocenters. The summed E-state index contributed by atoms with van der Waals surface area (Å²) in [4.78, 5) is 29.6. The minimum absolute atomic E-state index is 0.0759. The lowest BCUT2D eigenvalue weighted by molar-refractivity contribution is -0.166. The lowest BCUT2D eigenvalue weighted by atomic mass is 10.0. The van der Waals surface area contributed by atoms with Crippen molar-refractivity contribution in [1.29, 1.82) is 0 Å². The molecule has 26 heavy (non-hydrogen) atoms. The van der Waals surface area contributed by atoms with E-state index in [-0.39, 0.29) is 35.9 Å². The van der Waals surface area contributed by atoms with Crippen LogP contribution in [0, 0.1) is 11.8 Å². The molecule has 0 bridgehead atoms. The van der Waals surface area contributed by atoms with E-state index in [1.54, 1.807) is 19.0 Å². The molecule has 154 valence electrons. The van der Waals surface area contributed by atoms with E-state index in [1.165, 1.54) is 0 Å². The molecular formula is C20H40N2O4. The highest BCUT2D eigenvalue weighted by Crippen LogP contribution is 2.20. The fourth-order valence-electron chi connectivity index (χ4n) is 2.94. The molecule has 0 N–H and O–H groups in total. The molecule has 0 aromatic heterocycles. The third-order valence-corrected chi connectivity index (χ3v) is 3.97. The molecule has 0 aliphatic carbocycles. The lowest BCUT2D eigenvalue weighted by Gasteiger charge is -2.41. The molecule has 0 aromatic rings. The molecule has 0 fully saturated rings. The zero-order valence-corrected chi connectivity index (χ0v) is 18.4. The van der Waals surface area contributed by atoms with Gasteiger partial charge in [0.1, 0.15) is 12.1 Å². The Morgan fingerprint density at radius 1 is 0.692 bits per heavy atom. The van der Waals surface area contributed by atoms with Crippen molar-refractivity contribution >= 4 is 11.9 Å². The van der Waals surface area contributed by atoms with Gasteiger partial charge >= 0.3 is 11.9 Å². The Morgan fingerprint density at radius 3 is 1.31 bits per heavy atom. The minimum Gasteiger partial charge on any atom is -0.464 e. The van der Waals surface area contributed by atoms with Crippen LogP contribution in [0.3, 0.4) is 0 Å². The first-order valence-corrected chi connectivity index (χ1v) is 9.67. The second-order valence-corrected chi connectivity index (χ2v) is 8.54.